The van der Waals surface area contributed by atoms with Gasteiger partial charge in [-0.15, -0.1) is 0 Å². The SMILES string of the molecule is CC(C)CC(N)c1cncn1CCCn1cccn1. The lowest BCUT2D eigenvalue weighted by Crippen LogP contribution is -2.17. The molecule has 0 saturated carbocycles. The molecule has 0 aliphatic heterocycles. The van der Waals surface area contributed by atoms with Crippen LogP contribution in [-0.4, -0.2) is 19.3 Å². The summed E-state index contributed by atoms with van der Waals surface area (Å²) >= 11 is 0. The molecule has 0 saturated heterocycles. The number of imidazole rings is 1. The van der Waals surface area contributed by atoms with Gasteiger partial charge in [0.1, 0.15) is 0 Å². The normalized spacial score (nSPS) is 13.1. The highest BCUT2D eigenvalue weighted by molar-refractivity contribution is 5.04. The fourth-order valence-electron chi connectivity index (χ4n) is 2.29. The summed E-state index contributed by atoms with van der Waals surface area (Å²) in [5, 5.41) is 4.20. The lowest BCUT2D eigenvalue weighted by molar-refractivity contribution is 0.467. The van der Waals surface area contributed by atoms with Crippen LogP contribution in [0.3, 0.4) is 0 Å². The molecule has 1 atom stereocenters. The van der Waals surface area contributed by atoms with E-state index in [0.29, 0.717) is 5.92 Å². The van der Waals surface area contributed by atoms with E-state index in [9.17, 15) is 0 Å². The largest absolute Gasteiger partial charge is 0.333 e. The van der Waals surface area contributed by atoms with Gasteiger partial charge in [-0.25, -0.2) is 4.98 Å². The molecule has 0 amide bonds. The molecule has 0 bridgehead atoms. The molecule has 104 valence electrons. The monoisotopic (exact) mass is 261 g/mol. The van der Waals surface area contributed by atoms with Gasteiger partial charge in [0.05, 0.1) is 12.0 Å². The van der Waals surface area contributed by atoms with Crippen LogP contribution in [-0.2, 0) is 13.1 Å². The standard InChI is InChI=1S/C14H23N5/c1-12(2)9-13(15)14-10-16-11-18(14)6-4-8-19-7-3-5-17-19/h3,5,7,10-13H,4,6,8-9,15H2,1-2H3. The van der Waals surface area contributed by atoms with Crippen molar-refractivity contribution in [2.75, 3.05) is 0 Å². The summed E-state index contributed by atoms with van der Waals surface area (Å²) in [5.74, 6) is 0.599. The second-order valence-electron chi connectivity index (χ2n) is 5.37. The fourth-order valence-corrected chi connectivity index (χ4v) is 2.29. The highest BCUT2D eigenvalue weighted by Gasteiger charge is 2.12. The number of aromatic nitrogens is 4. The average Bonchev–Trinajstić information content (AvgIpc) is 2.98. The van der Waals surface area contributed by atoms with Gasteiger partial charge in [-0.3, -0.25) is 4.68 Å². The first-order valence-corrected chi connectivity index (χ1v) is 6.90. The molecule has 2 N–H and O–H groups in total. The summed E-state index contributed by atoms with van der Waals surface area (Å²) in [5.41, 5.74) is 7.36. The molecular formula is C14H23N5. The van der Waals surface area contributed by atoms with E-state index in [1.165, 1.54) is 0 Å². The van der Waals surface area contributed by atoms with E-state index in [-0.39, 0.29) is 6.04 Å². The molecule has 1 unspecified atom stereocenters. The predicted molar refractivity (Wildman–Crippen MR) is 75.5 cm³/mol. The maximum Gasteiger partial charge on any atom is 0.0948 e. The van der Waals surface area contributed by atoms with Gasteiger partial charge in [0.2, 0.25) is 0 Å². The fraction of sp³-hybridized carbons (Fsp3) is 0.571. The zero-order chi connectivity index (χ0) is 13.7. The van der Waals surface area contributed by atoms with Gasteiger partial charge in [0, 0.05) is 37.7 Å². The van der Waals surface area contributed by atoms with Crippen LogP contribution in [0, 0.1) is 5.92 Å². The van der Waals surface area contributed by atoms with E-state index in [1.807, 2.05) is 29.5 Å². The lowest BCUT2D eigenvalue weighted by atomic mass is 10.0. The maximum atomic E-state index is 6.23. The molecule has 0 radical (unpaired) electrons. The molecule has 2 rings (SSSR count). The third-order valence-corrected chi connectivity index (χ3v) is 3.20. The third kappa shape index (κ3) is 3.92. The van der Waals surface area contributed by atoms with Gasteiger partial charge in [0.25, 0.3) is 0 Å². The van der Waals surface area contributed by atoms with Crippen LogP contribution in [0.15, 0.2) is 31.0 Å². The molecule has 5 heteroatoms. The first-order chi connectivity index (χ1) is 9.16. The van der Waals surface area contributed by atoms with Crippen molar-refractivity contribution in [3.05, 3.63) is 36.7 Å². The van der Waals surface area contributed by atoms with Crippen LogP contribution in [0.5, 0.6) is 0 Å². The molecule has 0 fully saturated rings. The van der Waals surface area contributed by atoms with Crippen molar-refractivity contribution < 1.29 is 0 Å². The first kappa shape index (κ1) is 13.8. The average molecular weight is 261 g/mol. The smallest absolute Gasteiger partial charge is 0.0948 e. The Balaban J connectivity index is 1.88. The van der Waals surface area contributed by atoms with Crippen molar-refractivity contribution in [1.82, 2.24) is 19.3 Å². The minimum absolute atomic E-state index is 0.0761. The predicted octanol–water partition coefficient (Wildman–Crippen LogP) is 2.22. The van der Waals surface area contributed by atoms with Crippen LogP contribution < -0.4 is 5.73 Å². The second kappa shape index (κ2) is 6.52. The second-order valence-corrected chi connectivity index (χ2v) is 5.37. The van der Waals surface area contributed by atoms with Crippen LogP contribution >= 0.6 is 0 Å². The van der Waals surface area contributed by atoms with Gasteiger partial charge in [-0.2, -0.15) is 5.10 Å². The maximum absolute atomic E-state index is 6.23. The molecule has 2 aromatic rings. The van der Waals surface area contributed by atoms with Crippen LogP contribution in [0.2, 0.25) is 0 Å². The third-order valence-electron chi connectivity index (χ3n) is 3.20. The van der Waals surface area contributed by atoms with E-state index in [4.69, 9.17) is 5.73 Å². The summed E-state index contributed by atoms with van der Waals surface area (Å²) in [7, 11) is 0. The van der Waals surface area contributed by atoms with Gasteiger partial charge >= 0.3 is 0 Å². The van der Waals surface area contributed by atoms with E-state index in [1.54, 1.807) is 6.20 Å². The Kier molecular flexibility index (Phi) is 4.74. The topological polar surface area (TPSA) is 61.7 Å². The van der Waals surface area contributed by atoms with Crippen LogP contribution in [0.25, 0.3) is 0 Å². The number of rotatable bonds is 7. The first-order valence-electron chi connectivity index (χ1n) is 6.90. The summed E-state index contributed by atoms with van der Waals surface area (Å²) in [4.78, 5) is 4.23. The van der Waals surface area contributed by atoms with E-state index >= 15 is 0 Å². The van der Waals surface area contributed by atoms with E-state index in [0.717, 1.165) is 31.6 Å². The molecule has 0 spiro atoms. The molecule has 5 nitrogen and oxygen atoms in total. The molecule has 2 heterocycles. The Bertz CT molecular complexity index is 472. The zero-order valence-corrected chi connectivity index (χ0v) is 11.7. The number of hydrogen-bond acceptors (Lipinski definition) is 3. The van der Waals surface area contributed by atoms with Gasteiger partial charge in [-0.1, -0.05) is 13.8 Å². The van der Waals surface area contributed by atoms with E-state index < -0.39 is 0 Å². The highest BCUT2D eigenvalue weighted by atomic mass is 15.3. The Hall–Kier alpha value is -1.62. The number of hydrogen-bond donors (Lipinski definition) is 1. The Morgan fingerprint density at radius 1 is 1.32 bits per heavy atom. The Morgan fingerprint density at radius 2 is 2.16 bits per heavy atom. The lowest BCUT2D eigenvalue weighted by Gasteiger charge is -2.16. The van der Waals surface area contributed by atoms with Crippen LogP contribution in [0.1, 0.15) is 38.4 Å². The summed E-state index contributed by atoms with van der Waals surface area (Å²) in [6.45, 7) is 6.24. The zero-order valence-electron chi connectivity index (χ0n) is 11.7. The summed E-state index contributed by atoms with van der Waals surface area (Å²) in [6.07, 6.45) is 9.57. The molecule has 2 aromatic heterocycles. The van der Waals surface area contributed by atoms with Crippen molar-refractivity contribution in [1.29, 1.82) is 0 Å². The van der Waals surface area contributed by atoms with E-state index in [2.05, 4.69) is 28.5 Å². The quantitative estimate of drug-likeness (QED) is 0.831. The van der Waals surface area contributed by atoms with Crippen molar-refractivity contribution >= 4 is 0 Å². The molecule has 19 heavy (non-hydrogen) atoms. The van der Waals surface area contributed by atoms with Gasteiger partial charge in [-0.05, 0) is 24.8 Å². The van der Waals surface area contributed by atoms with Crippen LogP contribution in [0.4, 0.5) is 0 Å². The minimum Gasteiger partial charge on any atom is -0.333 e. The summed E-state index contributed by atoms with van der Waals surface area (Å²) in [6, 6.07) is 2.02. The van der Waals surface area contributed by atoms with Gasteiger partial charge < -0.3 is 10.3 Å². The van der Waals surface area contributed by atoms with Crippen molar-refractivity contribution in [3.63, 3.8) is 0 Å². The molecule has 0 aliphatic rings. The highest BCUT2D eigenvalue weighted by Crippen LogP contribution is 2.18. The Morgan fingerprint density at radius 3 is 2.84 bits per heavy atom. The molecule has 0 aliphatic carbocycles. The van der Waals surface area contributed by atoms with Gasteiger partial charge in [0.15, 0.2) is 0 Å². The number of nitrogens with two attached hydrogens (primary N) is 1. The number of aryl methyl sites for hydroxylation is 2. The van der Waals surface area contributed by atoms with Crippen molar-refractivity contribution in [3.8, 4) is 0 Å². The number of nitrogens with zero attached hydrogens (tertiary/aromatic N) is 4. The molecule has 0 aromatic carbocycles. The van der Waals surface area contributed by atoms with Crippen molar-refractivity contribution in [2.45, 2.75) is 45.8 Å². The summed E-state index contributed by atoms with van der Waals surface area (Å²) < 4.78 is 4.11. The molecular weight excluding hydrogens is 238 g/mol. The van der Waals surface area contributed by atoms with Crippen molar-refractivity contribution in [2.24, 2.45) is 11.7 Å². The minimum atomic E-state index is 0.0761. The Labute approximate surface area is 114 Å².